The first-order valence-corrected chi connectivity index (χ1v) is 5.84. The number of rotatable bonds is 4. The predicted octanol–water partition coefficient (Wildman–Crippen LogP) is 2.70. The Balaban J connectivity index is 2.89. The smallest absolute Gasteiger partial charge is 0.170 e. The van der Waals surface area contributed by atoms with E-state index in [2.05, 4.69) is 6.92 Å². The van der Waals surface area contributed by atoms with Gasteiger partial charge in [0.2, 0.25) is 0 Å². The molecule has 0 fully saturated rings. The molecule has 0 saturated heterocycles. The third-order valence-electron chi connectivity index (χ3n) is 3.14. The zero-order valence-electron chi connectivity index (χ0n) is 10.9. The Morgan fingerprint density at radius 1 is 1.25 bits per heavy atom. The number of ether oxygens (including phenoxy) is 2. The van der Waals surface area contributed by atoms with Crippen LogP contribution in [0.25, 0.3) is 0 Å². The molecule has 3 heteroatoms. The number of carbonyl (C=O) groups is 1. The van der Waals surface area contributed by atoms with Crippen LogP contribution in [0.4, 0.5) is 0 Å². The van der Waals surface area contributed by atoms with E-state index in [1.165, 1.54) is 5.57 Å². The van der Waals surface area contributed by atoms with E-state index in [1.54, 1.807) is 7.11 Å². The van der Waals surface area contributed by atoms with Crippen molar-refractivity contribution >= 4 is 5.78 Å². The van der Waals surface area contributed by atoms with Crippen LogP contribution in [0.5, 0.6) is 0 Å². The maximum atomic E-state index is 11.9. The van der Waals surface area contributed by atoms with E-state index in [9.17, 15) is 4.79 Å². The minimum atomic E-state index is -0.442. The van der Waals surface area contributed by atoms with Crippen LogP contribution in [0.15, 0.2) is 11.1 Å². The minimum Gasteiger partial charge on any atom is -0.355 e. The lowest BCUT2D eigenvalue weighted by atomic mass is 9.82. The van der Waals surface area contributed by atoms with Gasteiger partial charge in [-0.05, 0) is 34.1 Å². The molecular weight excluding hydrogens is 204 g/mol. The summed E-state index contributed by atoms with van der Waals surface area (Å²) in [6.07, 6.45) is 1.10. The van der Waals surface area contributed by atoms with Crippen LogP contribution in [0, 0.1) is 5.92 Å². The molecule has 0 bridgehead atoms. The van der Waals surface area contributed by atoms with Gasteiger partial charge in [0.25, 0.3) is 0 Å². The summed E-state index contributed by atoms with van der Waals surface area (Å²) in [7, 11) is 1.59. The van der Waals surface area contributed by atoms with E-state index in [0.29, 0.717) is 6.42 Å². The molecule has 0 amide bonds. The van der Waals surface area contributed by atoms with E-state index >= 15 is 0 Å². The van der Waals surface area contributed by atoms with Crippen LogP contribution >= 0.6 is 0 Å². The van der Waals surface area contributed by atoms with Crippen molar-refractivity contribution in [3.05, 3.63) is 11.1 Å². The van der Waals surface area contributed by atoms with Crippen molar-refractivity contribution in [2.45, 2.75) is 52.9 Å². The average molecular weight is 226 g/mol. The van der Waals surface area contributed by atoms with Gasteiger partial charge >= 0.3 is 0 Å². The minimum absolute atomic E-state index is 0.0628. The lowest BCUT2D eigenvalue weighted by Crippen LogP contribution is -2.37. The Kier molecular flexibility index (Phi) is 4.69. The molecule has 0 aromatic rings. The fourth-order valence-corrected chi connectivity index (χ4v) is 2.06. The van der Waals surface area contributed by atoms with Crippen molar-refractivity contribution in [2.75, 3.05) is 7.11 Å². The van der Waals surface area contributed by atoms with Gasteiger partial charge in [-0.25, -0.2) is 0 Å². The first-order chi connectivity index (χ1) is 7.47. The van der Waals surface area contributed by atoms with Crippen molar-refractivity contribution in [1.82, 2.24) is 0 Å². The summed E-state index contributed by atoms with van der Waals surface area (Å²) in [5.74, 6) is 0.0109. The summed E-state index contributed by atoms with van der Waals surface area (Å²) in [6.45, 7) is 7.99. The van der Waals surface area contributed by atoms with Gasteiger partial charge in [-0.15, -0.1) is 0 Å². The van der Waals surface area contributed by atoms with Crippen LogP contribution in [-0.2, 0) is 14.3 Å². The normalized spacial score (nSPS) is 24.1. The quantitative estimate of drug-likeness (QED) is 0.546. The number of allylic oxidation sites excluding steroid dienone is 1. The maximum Gasteiger partial charge on any atom is 0.170 e. The monoisotopic (exact) mass is 226 g/mol. The molecule has 0 aliphatic heterocycles. The van der Waals surface area contributed by atoms with E-state index in [1.807, 2.05) is 20.8 Å². The molecule has 0 aromatic carbocycles. The van der Waals surface area contributed by atoms with Gasteiger partial charge in [0, 0.05) is 13.5 Å². The molecule has 0 N–H and O–H groups in total. The van der Waals surface area contributed by atoms with Crippen molar-refractivity contribution in [1.29, 1.82) is 0 Å². The average Bonchev–Trinajstić information content (AvgIpc) is 2.22. The fraction of sp³-hybridized carbons (Fsp3) is 0.769. The topological polar surface area (TPSA) is 35.5 Å². The molecule has 0 aromatic heterocycles. The van der Waals surface area contributed by atoms with E-state index in [4.69, 9.17) is 9.47 Å². The standard InChI is InChI=1S/C13H22O3/c1-8(2)16-13(15-5)12-10(4)9(3)6-7-11(12)14/h8,12-13H,6-7H2,1-5H3. The van der Waals surface area contributed by atoms with E-state index in [0.717, 1.165) is 12.0 Å². The number of Topliss-reactive ketones (excluding diaryl/α,β-unsaturated/α-hetero) is 1. The van der Waals surface area contributed by atoms with Crippen molar-refractivity contribution < 1.29 is 14.3 Å². The summed E-state index contributed by atoms with van der Waals surface area (Å²) >= 11 is 0. The maximum absolute atomic E-state index is 11.9. The Labute approximate surface area is 97.8 Å². The summed E-state index contributed by atoms with van der Waals surface area (Å²) in [5, 5.41) is 0. The van der Waals surface area contributed by atoms with Gasteiger partial charge in [-0.3, -0.25) is 4.79 Å². The number of hydrogen-bond acceptors (Lipinski definition) is 3. The molecule has 0 saturated carbocycles. The molecule has 2 unspecified atom stereocenters. The molecule has 0 heterocycles. The van der Waals surface area contributed by atoms with Crippen molar-refractivity contribution in [2.24, 2.45) is 5.92 Å². The number of carbonyl (C=O) groups excluding carboxylic acids is 1. The molecule has 0 spiro atoms. The Hall–Kier alpha value is -0.670. The summed E-state index contributed by atoms with van der Waals surface area (Å²) < 4.78 is 11.0. The molecule has 1 rings (SSSR count). The number of ketones is 1. The summed E-state index contributed by atoms with van der Waals surface area (Å²) in [4.78, 5) is 11.9. The highest BCUT2D eigenvalue weighted by atomic mass is 16.7. The first kappa shape index (κ1) is 13.4. The molecule has 2 atom stereocenters. The van der Waals surface area contributed by atoms with Crippen LogP contribution in [-0.4, -0.2) is 25.3 Å². The Bertz CT molecular complexity index is 292. The van der Waals surface area contributed by atoms with Crippen LogP contribution in [0.3, 0.4) is 0 Å². The molecular formula is C13H22O3. The molecule has 92 valence electrons. The van der Waals surface area contributed by atoms with Crippen LogP contribution in [0.1, 0.15) is 40.5 Å². The fourth-order valence-electron chi connectivity index (χ4n) is 2.06. The molecule has 3 nitrogen and oxygen atoms in total. The summed E-state index contributed by atoms with van der Waals surface area (Å²) in [5.41, 5.74) is 2.41. The van der Waals surface area contributed by atoms with Gasteiger partial charge in [0.1, 0.15) is 5.78 Å². The van der Waals surface area contributed by atoms with E-state index in [-0.39, 0.29) is 17.8 Å². The zero-order chi connectivity index (χ0) is 12.3. The zero-order valence-corrected chi connectivity index (χ0v) is 10.9. The third-order valence-corrected chi connectivity index (χ3v) is 3.14. The highest BCUT2D eigenvalue weighted by Gasteiger charge is 2.34. The second-order valence-corrected chi connectivity index (χ2v) is 4.70. The molecule has 0 radical (unpaired) electrons. The lowest BCUT2D eigenvalue weighted by molar-refractivity contribution is -0.175. The second kappa shape index (κ2) is 5.60. The first-order valence-electron chi connectivity index (χ1n) is 5.84. The van der Waals surface area contributed by atoms with Crippen LogP contribution in [0.2, 0.25) is 0 Å². The van der Waals surface area contributed by atoms with Gasteiger partial charge < -0.3 is 9.47 Å². The summed E-state index contributed by atoms with van der Waals surface area (Å²) in [6, 6.07) is 0. The second-order valence-electron chi connectivity index (χ2n) is 4.70. The number of methoxy groups -OCH3 is 1. The molecule has 1 aliphatic carbocycles. The SMILES string of the molecule is COC(OC(C)C)C1C(=O)CCC(C)=C1C. The van der Waals surface area contributed by atoms with Gasteiger partial charge in [-0.2, -0.15) is 0 Å². The highest BCUT2D eigenvalue weighted by Crippen LogP contribution is 2.31. The Morgan fingerprint density at radius 3 is 2.38 bits per heavy atom. The van der Waals surface area contributed by atoms with Crippen molar-refractivity contribution in [3.8, 4) is 0 Å². The van der Waals surface area contributed by atoms with Crippen LogP contribution < -0.4 is 0 Å². The molecule has 1 aliphatic rings. The lowest BCUT2D eigenvalue weighted by Gasteiger charge is -2.31. The predicted molar refractivity (Wildman–Crippen MR) is 63.1 cm³/mol. The highest BCUT2D eigenvalue weighted by molar-refractivity contribution is 5.85. The Morgan fingerprint density at radius 2 is 1.88 bits per heavy atom. The molecule has 16 heavy (non-hydrogen) atoms. The van der Waals surface area contributed by atoms with E-state index < -0.39 is 6.29 Å². The third kappa shape index (κ3) is 2.92. The van der Waals surface area contributed by atoms with Gasteiger partial charge in [-0.1, -0.05) is 11.1 Å². The van der Waals surface area contributed by atoms with Gasteiger partial charge in [0.05, 0.1) is 12.0 Å². The van der Waals surface area contributed by atoms with Gasteiger partial charge in [0.15, 0.2) is 6.29 Å². The number of hydrogen-bond donors (Lipinski definition) is 0. The largest absolute Gasteiger partial charge is 0.355 e. The van der Waals surface area contributed by atoms with Crippen molar-refractivity contribution in [3.63, 3.8) is 0 Å².